The van der Waals surface area contributed by atoms with Crippen LogP contribution in [0.25, 0.3) is 11.5 Å². The van der Waals surface area contributed by atoms with E-state index in [0.29, 0.717) is 30.3 Å². The Morgan fingerprint density at radius 1 is 0.875 bits per heavy atom. The number of hydrogen-bond acceptors (Lipinski definition) is 7. The van der Waals surface area contributed by atoms with Gasteiger partial charge < -0.3 is 19.2 Å². The predicted molar refractivity (Wildman–Crippen MR) is 119 cm³/mol. The first-order chi connectivity index (χ1) is 15.5. The summed E-state index contributed by atoms with van der Waals surface area (Å²) in [5.41, 5.74) is 2.33. The van der Waals surface area contributed by atoms with Crippen molar-refractivity contribution in [3.05, 3.63) is 78.4 Å². The van der Waals surface area contributed by atoms with Gasteiger partial charge in [0, 0.05) is 17.3 Å². The maximum Gasteiger partial charge on any atom is 0.238 e. The number of hydrogen-bond donors (Lipinski definition) is 1. The molecule has 0 fully saturated rings. The van der Waals surface area contributed by atoms with Crippen LogP contribution in [-0.2, 0) is 9.84 Å². The smallest absolute Gasteiger partial charge is 0.238 e. The van der Waals surface area contributed by atoms with Gasteiger partial charge in [-0.2, -0.15) is 4.98 Å². The molecule has 4 aromatic rings. The van der Waals surface area contributed by atoms with Crippen LogP contribution in [0.5, 0.6) is 11.5 Å². The van der Waals surface area contributed by atoms with E-state index in [1.165, 1.54) is 12.1 Å². The molecule has 1 aromatic heterocycles. The van der Waals surface area contributed by atoms with Crippen LogP contribution in [0.3, 0.4) is 0 Å². The highest BCUT2D eigenvalue weighted by molar-refractivity contribution is 7.91. The van der Waals surface area contributed by atoms with Crippen molar-refractivity contribution in [1.29, 1.82) is 0 Å². The van der Waals surface area contributed by atoms with Crippen LogP contribution < -0.4 is 14.8 Å². The maximum absolute atomic E-state index is 13.6. The van der Waals surface area contributed by atoms with E-state index in [1.54, 1.807) is 6.07 Å². The number of oxazole rings is 1. The minimum Gasteiger partial charge on any atom is -0.486 e. The molecule has 0 radical (unpaired) electrons. The van der Waals surface area contributed by atoms with Crippen LogP contribution >= 0.6 is 0 Å². The molecule has 0 saturated heterocycles. The van der Waals surface area contributed by atoms with Crippen molar-refractivity contribution in [3.63, 3.8) is 0 Å². The van der Waals surface area contributed by atoms with Crippen molar-refractivity contribution >= 4 is 21.4 Å². The highest BCUT2D eigenvalue weighted by Gasteiger charge is 2.30. The minimum absolute atomic E-state index is 0.0440. The third kappa shape index (κ3) is 3.69. The molecule has 0 atom stereocenters. The molecule has 1 aliphatic heterocycles. The first-order valence-corrected chi connectivity index (χ1v) is 11.5. The number of aryl methyl sites for hydroxylation is 1. The molecule has 2 heterocycles. The number of sulfone groups is 1. The van der Waals surface area contributed by atoms with E-state index >= 15 is 0 Å². The Labute approximate surface area is 185 Å². The van der Waals surface area contributed by atoms with Gasteiger partial charge in [0.15, 0.2) is 11.5 Å². The maximum atomic E-state index is 13.6. The zero-order valence-electron chi connectivity index (χ0n) is 17.2. The summed E-state index contributed by atoms with van der Waals surface area (Å²) in [5, 5.41) is 2.91. The van der Waals surface area contributed by atoms with Gasteiger partial charge in [-0.05, 0) is 42.8 Å². The molecule has 1 aliphatic rings. The second-order valence-electron chi connectivity index (χ2n) is 7.27. The Morgan fingerprint density at radius 3 is 2.38 bits per heavy atom. The average molecular weight is 449 g/mol. The largest absolute Gasteiger partial charge is 0.486 e. The number of rotatable bonds is 5. The molecule has 7 nitrogen and oxygen atoms in total. The van der Waals surface area contributed by atoms with Crippen molar-refractivity contribution in [2.75, 3.05) is 18.5 Å². The highest BCUT2D eigenvalue weighted by atomic mass is 32.2. The fourth-order valence-corrected chi connectivity index (χ4v) is 4.68. The Balaban J connectivity index is 1.63. The van der Waals surface area contributed by atoms with E-state index in [1.807, 2.05) is 61.5 Å². The molecule has 0 bridgehead atoms. The molecule has 32 heavy (non-hydrogen) atoms. The van der Waals surface area contributed by atoms with Crippen molar-refractivity contribution in [2.24, 2.45) is 0 Å². The number of fused-ring (bicyclic) bond motifs is 1. The minimum atomic E-state index is -4.03. The van der Waals surface area contributed by atoms with Crippen molar-refractivity contribution < 1.29 is 22.3 Å². The van der Waals surface area contributed by atoms with Gasteiger partial charge in [0.1, 0.15) is 13.2 Å². The van der Waals surface area contributed by atoms with E-state index in [4.69, 9.17) is 13.9 Å². The highest BCUT2D eigenvalue weighted by Crippen LogP contribution is 2.38. The quantitative estimate of drug-likeness (QED) is 0.459. The zero-order valence-corrected chi connectivity index (χ0v) is 18.1. The third-order valence-electron chi connectivity index (χ3n) is 5.09. The first kappa shape index (κ1) is 20.1. The molecule has 5 rings (SSSR count). The lowest BCUT2D eigenvalue weighted by Crippen LogP contribution is -2.16. The van der Waals surface area contributed by atoms with Crippen LogP contribution in [0.4, 0.5) is 11.6 Å². The Kier molecular flexibility index (Phi) is 5.07. The Hall–Kier alpha value is -3.78. The van der Waals surface area contributed by atoms with E-state index in [2.05, 4.69) is 10.3 Å². The van der Waals surface area contributed by atoms with Crippen LogP contribution in [-0.4, -0.2) is 26.6 Å². The second kappa shape index (κ2) is 8.05. The van der Waals surface area contributed by atoms with Gasteiger partial charge in [0.2, 0.25) is 26.6 Å². The molecule has 8 heteroatoms. The van der Waals surface area contributed by atoms with Gasteiger partial charge >= 0.3 is 0 Å². The van der Waals surface area contributed by atoms with Crippen molar-refractivity contribution in [3.8, 4) is 23.0 Å². The van der Waals surface area contributed by atoms with Gasteiger partial charge in [0.05, 0.1) is 4.90 Å². The normalized spacial score (nSPS) is 13.0. The molecular weight excluding hydrogens is 428 g/mol. The number of para-hydroxylation sites is 1. The van der Waals surface area contributed by atoms with Crippen LogP contribution in [0.2, 0.25) is 0 Å². The number of ether oxygens (including phenoxy) is 2. The van der Waals surface area contributed by atoms with Gasteiger partial charge in [-0.15, -0.1) is 0 Å². The molecule has 0 amide bonds. The second-order valence-corrected chi connectivity index (χ2v) is 9.13. The van der Waals surface area contributed by atoms with E-state index in [0.717, 1.165) is 11.3 Å². The number of nitrogens with zero attached hydrogens (tertiary/aromatic N) is 1. The summed E-state index contributed by atoms with van der Waals surface area (Å²) in [7, 11) is -4.03. The molecule has 3 aromatic carbocycles. The zero-order chi connectivity index (χ0) is 22.1. The van der Waals surface area contributed by atoms with E-state index in [9.17, 15) is 8.42 Å². The number of benzene rings is 3. The van der Waals surface area contributed by atoms with Gasteiger partial charge in [0.25, 0.3) is 0 Å². The summed E-state index contributed by atoms with van der Waals surface area (Å²) >= 11 is 0. The Bertz CT molecular complexity index is 1380. The number of anilines is 2. The van der Waals surface area contributed by atoms with Gasteiger partial charge in [-0.25, -0.2) is 8.42 Å². The molecule has 0 unspecified atom stereocenters. The number of aromatic nitrogens is 1. The van der Waals surface area contributed by atoms with Crippen LogP contribution in [0.1, 0.15) is 5.56 Å². The van der Waals surface area contributed by atoms with Gasteiger partial charge in [-0.3, -0.25) is 0 Å². The summed E-state index contributed by atoms with van der Waals surface area (Å²) in [6.45, 7) is 2.71. The molecule has 0 spiro atoms. The van der Waals surface area contributed by atoms with E-state index in [-0.39, 0.29) is 21.7 Å². The SMILES string of the molecule is Cc1ccccc1Nc1oc(-c2ccccc2)nc1S(=O)(=O)c1ccc2c(c1)OCCO2. The Morgan fingerprint density at radius 2 is 1.59 bits per heavy atom. The van der Waals surface area contributed by atoms with Crippen LogP contribution in [0.15, 0.2) is 87.1 Å². The third-order valence-corrected chi connectivity index (χ3v) is 6.75. The lowest BCUT2D eigenvalue weighted by molar-refractivity contribution is 0.171. The summed E-state index contributed by atoms with van der Waals surface area (Å²) in [6.07, 6.45) is 0. The molecule has 0 aliphatic carbocycles. The average Bonchev–Trinajstić information content (AvgIpc) is 3.25. The monoisotopic (exact) mass is 448 g/mol. The standard InChI is InChI=1S/C24H20N2O5S/c1-16-7-5-6-10-19(16)25-23-24(26-22(31-23)17-8-3-2-4-9-17)32(27,28)18-11-12-20-21(15-18)30-14-13-29-20/h2-12,15,25H,13-14H2,1H3. The molecular formula is C24H20N2O5S. The predicted octanol–water partition coefficient (Wildman–Crippen LogP) is 5.00. The van der Waals surface area contributed by atoms with Gasteiger partial charge in [-0.1, -0.05) is 36.4 Å². The van der Waals surface area contributed by atoms with E-state index < -0.39 is 9.84 Å². The molecule has 0 saturated carbocycles. The topological polar surface area (TPSA) is 90.7 Å². The molecule has 1 N–H and O–H groups in total. The summed E-state index contributed by atoms with van der Waals surface area (Å²) < 4.78 is 44.2. The van der Waals surface area contributed by atoms with Crippen molar-refractivity contribution in [2.45, 2.75) is 16.8 Å². The first-order valence-electron chi connectivity index (χ1n) is 10.1. The summed E-state index contributed by atoms with van der Waals surface area (Å²) in [5.74, 6) is 1.15. The number of nitrogens with one attached hydrogen (secondary N) is 1. The lowest BCUT2D eigenvalue weighted by Gasteiger charge is -2.18. The summed E-state index contributed by atoms with van der Waals surface area (Å²) in [4.78, 5) is 4.42. The van der Waals surface area contributed by atoms with Crippen molar-refractivity contribution in [1.82, 2.24) is 4.98 Å². The lowest BCUT2D eigenvalue weighted by atomic mass is 10.2. The van der Waals surface area contributed by atoms with Crippen LogP contribution in [0, 0.1) is 6.92 Å². The molecule has 162 valence electrons. The fourth-order valence-electron chi connectivity index (χ4n) is 3.41. The summed E-state index contributed by atoms with van der Waals surface area (Å²) in [6, 6.07) is 21.2. The fraction of sp³-hybridized carbons (Fsp3) is 0.125.